The van der Waals surface area contributed by atoms with Crippen molar-refractivity contribution < 1.29 is 4.39 Å². The first-order valence-electron chi connectivity index (χ1n) is 7.83. The highest BCUT2D eigenvalue weighted by Gasteiger charge is 2.30. The number of aromatic nitrogens is 1. The van der Waals surface area contributed by atoms with Crippen LogP contribution in [0.25, 0.3) is 0 Å². The van der Waals surface area contributed by atoms with Gasteiger partial charge in [-0.1, -0.05) is 0 Å². The molecule has 1 aromatic rings. The molecule has 3 nitrogen and oxygen atoms in total. The number of nitrogens with zero attached hydrogens (tertiary/aromatic N) is 2. The quantitative estimate of drug-likeness (QED) is 0.921. The van der Waals surface area contributed by atoms with Gasteiger partial charge in [0.15, 0.2) is 0 Å². The van der Waals surface area contributed by atoms with Gasteiger partial charge >= 0.3 is 0 Å². The lowest BCUT2D eigenvalue weighted by Gasteiger charge is -2.37. The zero-order chi connectivity index (χ0) is 13.9. The van der Waals surface area contributed by atoms with Crippen molar-refractivity contribution in [3.8, 4) is 0 Å². The predicted molar refractivity (Wildman–Crippen MR) is 77.9 cm³/mol. The Morgan fingerprint density at radius 3 is 2.70 bits per heavy atom. The molecule has 1 aromatic heterocycles. The van der Waals surface area contributed by atoms with Gasteiger partial charge in [0.25, 0.3) is 0 Å². The fourth-order valence-corrected chi connectivity index (χ4v) is 3.64. The van der Waals surface area contributed by atoms with E-state index in [9.17, 15) is 4.39 Å². The summed E-state index contributed by atoms with van der Waals surface area (Å²) in [5, 5.41) is 3.64. The second-order valence-electron chi connectivity index (χ2n) is 6.15. The lowest BCUT2D eigenvalue weighted by molar-refractivity contribution is 0.124. The van der Waals surface area contributed by atoms with Crippen molar-refractivity contribution in [3.63, 3.8) is 0 Å². The van der Waals surface area contributed by atoms with Gasteiger partial charge in [0, 0.05) is 12.1 Å². The number of pyridine rings is 1. The first-order valence-corrected chi connectivity index (χ1v) is 7.83. The first kappa shape index (κ1) is 14.0. The Hall–Kier alpha value is -1.00. The van der Waals surface area contributed by atoms with Gasteiger partial charge in [-0.05, 0) is 70.3 Å². The molecule has 2 atom stereocenters. The van der Waals surface area contributed by atoms with E-state index in [1.165, 1.54) is 44.5 Å². The van der Waals surface area contributed by atoms with Gasteiger partial charge in [-0.25, -0.2) is 4.39 Å². The van der Waals surface area contributed by atoms with Gasteiger partial charge in [0.05, 0.1) is 11.9 Å². The maximum atomic E-state index is 12.9. The fourth-order valence-electron chi connectivity index (χ4n) is 3.64. The van der Waals surface area contributed by atoms with Gasteiger partial charge in [0.2, 0.25) is 0 Å². The van der Waals surface area contributed by atoms with E-state index in [4.69, 9.17) is 0 Å². The number of hydrogen-bond acceptors (Lipinski definition) is 3. The molecule has 4 heteroatoms. The van der Waals surface area contributed by atoms with Crippen molar-refractivity contribution in [2.45, 2.75) is 44.7 Å². The van der Waals surface area contributed by atoms with Crippen LogP contribution < -0.4 is 5.32 Å². The third-order valence-corrected chi connectivity index (χ3v) is 4.97. The van der Waals surface area contributed by atoms with Gasteiger partial charge in [-0.2, -0.15) is 0 Å². The summed E-state index contributed by atoms with van der Waals surface area (Å²) in [5.41, 5.74) is 0.976. The summed E-state index contributed by atoms with van der Waals surface area (Å²) >= 11 is 0. The van der Waals surface area contributed by atoms with Crippen LogP contribution in [0.2, 0.25) is 0 Å². The second kappa shape index (κ2) is 6.19. The van der Waals surface area contributed by atoms with Crippen LogP contribution in [-0.4, -0.2) is 35.6 Å². The Kier molecular flexibility index (Phi) is 4.32. The lowest BCUT2D eigenvalue weighted by Crippen LogP contribution is -2.41. The molecule has 0 saturated carbocycles. The lowest BCUT2D eigenvalue weighted by atomic mass is 9.88. The molecule has 3 rings (SSSR count). The minimum absolute atomic E-state index is 0.257. The van der Waals surface area contributed by atoms with E-state index in [2.05, 4.69) is 22.1 Å². The Labute approximate surface area is 120 Å². The van der Waals surface area contributed by atoms with Crippen molar-refractivity contribution in [2.24, 2.45) is 5.92 Å². The standard InChI is InChI=1S/C16H24FN3/c1-12(15-5-4-14(17)11-19-15)20-9-6-13(7-10-20)16-3-2-8-18-16/h4-5,11-13,16,18H,2-3,6-10H2,1H3. The van der Waals surface area contributed by atoms with Crippen LogP contribution in [0.15, 0.2) is 18.3 Å². The molecule has 0 radical (unpaired) electrons. The topological polar surface area (TPSA) is 28.2 Å². The third-order valence-electron chi connectivity index (χ3n) is 4.97. The van der Waals surface area contributed by atoms with Gasteiger partial charge in [-0.3, -0.25) is 9.88 Å². The van der Waals surface area contributed by atoms with E-state index in [1.807, 2.05) is 6.07 Å². The molecule has 20 heavy (non-hydrogen) atoms. The largest absolute Gasteiger partial charge is 0.314 e. The minimum atomic E-state index is -0.257. The van der Waals surface area contributed by atoms with Crippen molar-refractivity contribution in [3.05, 3.63) is 29.8 Å². The summed E-state index contributed by atoms with van der Waals surface area (Å²) < 4.78 is 12.9. The van der Waals surface area contributed by atoms with Crippen LogP contribution in [0.4, 0.5) is 4.39 Å². The van der Waals surface area contributed by atoms with Crippen LogP contribution in [0.5, 0.6) is 0 Å². The summed E-state index contributed by atoms with van der Waals surface area (Å²) in [5.74, 6) is 0.578. The second-order valence-corrected chi connectivity index (χ2v) is 6.15. The summed E-state index contributed by atoms with van der Waals surface area (Å²) in [4.78, 5) is 6.70. The molecular weight excluding hydrogens is 253 g/mol. The van der Waals surface area contributed by atoms with Gasteiger partial charge < -0.3 is 5.32 Å². The average Bonchev–Trinajstić information content (AvgIpc) is 3.02. The predicted octanol–water partition coefficient (Wildman–Crippen LogP) is 2.75. The third kappa shape index (κ3) is 3.01. The monoisotopic (exact) mass is 277 g/mol. The zero-order valence-corrected chi connectivity index (χ0v) is 12.2. The Morgan fingerprint density at radius 2 is 2.10 bits per heavy atom. The first-order chi connectivity index (χ1) is 9.74. The highest BCUT2D eigenvalue weighted by atomic mass is 19.1. The van der Waals surface area contributed by atoms with E-state index in [0.717, 1.165) is 30.7 Å². The highest BCUT2D eigenvalue weighted by molar-refractivity contribution is 5.09. The van der Waals surface area contributed by atoms with E-state index in [0.29, 0.717) is 0 Å². The van der Waals surface area contributed by atoms with Crippen molar-refractivity contribution in [1.29, 1.82) is 0 Å². The minimum Gasteiger partial charge on any atom is -0.314 e. The van der Waals surface area contributed by atoms with Crippen molar-refractivity contribution >= 4 is 0 Å². The molecular formula is C16H24FN3. The molecule has 1 N–H and O–H groups in total. The van der Waals surface area contributed by atoms with Crippen LogP contribution in [-0.2, 0) is 0 Å². The van der Waals surface area contributed by atoms with Gasteiger partial charge in [0.1, 0.15) is 5.82 Å². The Morgan fingerprint density at radius 1 is 1.30 bits per heavy atom. The number of piperidine rings is 1. The SMILES string of the molecule is CC(c1ccc(F)cn1)N1CCC(C2CCCN2)CC1. The Bertz CT molecular complexity index is 420. The molecule has 0 amide bonds. The summed E-state index contributed by atoms with van der Waals surface area (Å²) in [6, 6.07) is 4.35. The zero-order valence-electron chi connectivity index (χ0n) is 12.2. The molecule has 3 heterocycles. The number of halogens is 1. The molecule has 2 aliphatic rings. The van der Waals surface area contributed by atoms with Crippen LogP contribution in [0, 0.1) is 11.7 Å². The van der Waals surface area contributed by atoms with Gasteiger partial charge in [-0.15, -0.1) is 0 Å². The van der Waals surface area contributed by atoms with Crippen LogP contribution >= 0.6 is 0 Å². The fraction of sp³-hybridized carbons (Fsp3) is 0.688. The van der Waals surface area contributed by atoms with E-state index in [1.54, 1.807) is 0 Å². The van der Waals surface area contributed by atoms with Crippen molar-refractivity contribution in [1.82, 2.24) is 15.2 Å². The van der Waals surface area contributed by atoms with Crippen LogP contribution in [0.3, 0.4) is 0 Å². The molecule has 0 aromatic carbocycles. The summed E-state index contributed by atoms with van der Waals surface area (Å²) in [7, 11) is 0. The molecule has 2 unspecified atom stereocenters. The summed E-state index contributed by atoms with van der Waals surface area (Å²) in [6.07, 6.45) is 6.54. The molecule has 0 bridgehead atoms. The maximum absolute atomic E-state index is 12.9. The Balaban J connectivity index is 1.55. The molecule has 2 aliphatic heterocycles. The van der Waals surface area contributed by atoms with Crippen molar-refractivity contribution in [2.75, 3.05) is 19.6 Å². The van der Waals surface area contributed by atoms with E-state index >= 15 is 0 Å². The molecule has 0 spiro atoms. The summed E-state index contributed by atoms with van der Waals surface area (Å²) in [6.45, 7) is 5.63. The smallest absolute Gasteiger partial charge is 0.141 e. The van der Waals surface area contributed by atoms with E-state index in [-0.39, 0.29) is 11.9 Å². The molecule has 2 saturated heterocycles. The number of rotatable bonds is 3. The molecule has 0 aliphatic carbocycles. The maximum Gasteiger partial charge on any atom is 0.141 e. The number of hydrogen-bond donors (Lipinski definition) is 1. The normalized spacial score (nSPS) is 26.8. The van der Waals surface area contributed by atoms with E-state index < -0.39 is 0 Å². The molecule has 110 valence electrons. The average molecular weight is 277 g/mol. The number of nitrogens with one attached hydrogen (secondary N) is 1. The molecule has 2 fully saturated rings. The number of likely N-dealkylation sites (tertiary alicyclic amines) is 1. The van der Waals surface area contributed by atoms with Crippen LogP contribution in [0.1, 0.15) is 44.3 Å². The highest BCUT2D eigenvalue weighted by Crippen LogP contribution is 2.29.